The van der Waals surface area contributed by atoms with Crippen molar-refractivity contribution in [3.8, 4) is 5.75 Å². The van der Waals surface area contributed by atoms with E-state index in [0.29, 0.717) is 29.7 Å². The van der Waals surface area contributed by atoms with Crippen LogP contribution in [0.2, 0.25) is 0 Å². The van der Waals surface area contributed by atoms with E-state index in [9.17, 15) is 14.9 Å². The highest BCUT2D eigenvalue weighted by Crippen LogP contribution is 2.24. The van der Waals surface area contributed by atoms with Crippen LogP contribution in [0.4, 0.5) is 5.82 Å². The molecule has 2 fully saturated rings. The molecule has 2 saturated heterocycles. The summed E-state index contributed by atoms with van der Waals surface area (Å²) in [4.78, 5) is 24.7. The molecule has 1 aromatic heterocycles. The van der Waals surface area contributed by atoms with E-state index >= 15 is 0 Å². The molecule has 0 spiro atoms. The van der Waals surface area contributed by atoms with E-state index in [1.165, 1.54) is 21.8 Å². The maximum absolute atomic E-state index is 12.8. The van der Waals surface area contributed by atoms with Crippen LogP contribution in [0, 0.1) is 10.1 Å². The molecule has 2 aliphatic heterocycles. The largest absolute Gasteiger partial charge is 0.496 e. The molecular weight excluding hydrogens is 422 g/mol. The minimum absolute atomic E-state index is 0.00812. The summed E-state index contributed by atoms with van der Waals surface area (Å²) in [6.45, 7) is 1.43. The molecule has 4 rings (SSSR count). The van der Waals surface area contributed by atoms with E-state index < -0.39 is 4.92 Å². The highest BCUT2D eigenvalue weighted by Gasteiger charge is 2.33. The van der Waals surface area contributed by atoms with Gasteiger partial charge in [0, 0.05) is 12.2 Å². The van der Waals surface area contributed by atoms with Gasteiger partial charge in [0.15, 0.2) is 5.11 Å². The van der Waals surface area contributed by atoms with E-state index in [1.54, 1.807) is 19.3 Å². The third kappa shape index (κ3) is 4.57. The minimum Gasteiger partial charge on any atom is -0.496 e. The molecule has 1 unspecified atom stereocenters. The van der Waals surface area contributed by atoms with Crippen molar-refractivity contribution in [1.29, 1.82) is 0 Å². The average molecular weight is 443 g/mol. The molecule has 0 radical (unpaired) electrons. The highest BCUT2D eigenvalue weighted by molar-refractivity contribution is 7.80. The Balaban J connectivity index is 1.54. The summed E-state index contributed by atoms with van der Waals surface area (Å²) < 4.78 is 12.5. The number of rotatable bonds is 7. The van der Waals surface area contributed by atoms with Gasteiger partial charge in [0.25, 0.3) is 5.91 Å². The van der Waals surface area contributed by atoms with Gasteiger partial charge in [0.05, 0.1) is 43.7 Å². The zero-order valence-corrected chi connectivity index (χ0v) is 17.6. The maximum Gasteiger partial charge on any atom is 0.389 e. The Bertz CT molecular complexity index is 1060. The lowest BCUT2D eigenvalue weighted by molar-refractivity contribution is -0.389. The summed E-state index contributed by atoms with van der Waals surface area (Å²) in [7, 11) is 1.55. The number of aromatic nitrogens is 2. The first-order valence-corrected chi connectivity index (χ1v) is 10.2. The lowest BCUT2D eigenvalue weighted by atomic mass is 10.1. The lowest BCUT2D eigenvalue weighted by Crippen LogP contribution is -2.37. The van der Waals surface area contributed by atoms with Gasteiger partial charge in [0.2, 0.25) is 0 Å². The SMILES string of the molecule is COc1ccc(C=C2NC(=S)N(CC3CCCO3)C2=O)cc1Cn1ccc([N+](=O)[O-])n1. The average Bonchev–Trinajstić information content (AvgIpc) is 3.47. The van der Waals surface area contributed by atoms with Crippen molar-refractivity contribution in [2.45, 2.75) is 25.5 Å². The molecule has 0 aliphatic carbocycles. The Morgan fingerprint density at radius 1 is 1.45 bits per heavy atom. The fourth-order valence-corrected chi connectivity index (χ4v) is 3.89. The fraction of sp³-hybridized carbons (Fsp3) is 0.350. The van der Waals surface area contributed by atoms with Crippen molar-refractivity contribution < 1.29 is 19.2 Å². The highest BCUT2D eigenvalue weighted by atomic mass is 32.1. The minimum atomic E-state index is -0.544. The molecule has 31 heavy (non-hydrogen) atoms. The van der Waals surface area contributed by atoms with E-state index in [-0.39, 0.29) is 24.4 Å². The van der Waals surface area contributed by atoms with Crippen LogP contribution in [0.15, 0.2) is 36.2 Å². The lowest BCUT2D eigenvalue weighted by Gasteiger charge is -2.18. The fourth-order valence-electron chi connectivity index (χ4n) is 3.62. The number of benzene rings is 1. The summed E-state index contributed by atoms with van der Waals surface area (Å²) in [5.41, 5.74) is 1.91. The molecule has 1 atom stereocenters. The zero-order valence-electron chi connectivity index (χ0n) is 16.8. The molecule has 10 nitrogen and oxygen atoms in total. The third-order valence-electron chi connectivity index (χ3n) is 5.13. The molecule has 0 saturated carbocycles. The van der Waals surface area contributed by atoms with Crippen LogP contribution in [0.25, 0.3) is 6.08 Å². The first-order valence-electron chi connectivity index (χ1n) is 9.75. The number of hydrogen-bond acceptors (Lipinski definition) is 7. The molecule has 3 heterocycles. The predicted molar refractivity (Wildman–Crippen MR) is 115 cm³/mol. The van der Waals surface area contributed by atoms with Crippen LogP contribution in [-0.4, -0.2) is 57.0 Å². The van der Waals surface area contributed by atoms with Crippen molar-refractivity contribution in [2.75, 3.05) is 20.3 Å². The first-order chi connectivity index (χ1) is 14.9. The Morgan fingerprint density at radius 3 is 2.97 bits per heavy atom. The Kier molecular flexibility index (Phi) is 5.96. The number of thiocarbonyl (C=S) groups is 1. The van der Waals surface area contributed by atoms with Gasteiger partial charge < -0.3 is 24.9 Å². The molecule has 162 valence electrons. The third-order valence-corrected chi connectivity index (χ3v) is 5.46. The summed E-state index contributed by atoms with van der Waals surface area (Å²) in [6, 6.07) is 6.78. The van der Waals surface area contributed by atoms with Crippen molar-refractivity contribution in [3.63, 3.8) is 0 Å². The van der Waals surface area contributed by atoms with Gasteiger partial charge in [-0.1, -0.05) is 6.07 Å². The van der Waals surface area contributed by atoms with Crippen LogP contribution in [-0.2, 0) is 16.1 Å². The summed E-state index contributed by atoms with van der Waals surface area (Å²) in [5.74, 6) is 0.194. The standard InChI is InChI=1S/C20H21N5O5S/c1-29-17-5-4-13(9-14(17)11-23-7-6-18(22-23)25(27)28)10-16-19(26)24(20(31)21-16)12-15-3-2-8-30-15/h4-7,9-10,15H,2-3,8,11-12H2,1H3,(H,21,31). The number of amides is 1. The summed E-state index contributed by atoms with van der Waals surface area (Å²) in [6.07, 6.45) is 5.17. The summed E-state index contributed by atoms with van der Waals surface area (Å²) in [5, 5.41) is 18.1. The van der Waals surface area contributed by atoms with Crippen molar-refractivity contribution in [3.05, 3.63) is 57.4 Å². The molecule has 1 amide bonds. The number of hydrogen-bond donors (Lipinski definition) is 1. The smallest absolute Gasteiger partial charge is 0.389 e. The number of ether oxygens (including phenoxy) is 2. The van der Waals surface area contributed by atoms with Gasteiger partial charge in [-0.2, -0.15) is 4.68 Å². The predicted octanol–water partition coefficient (Wildman–Crippen LogP) is 2.08. The zero-order chi connectivity index (χ0) is 22.0. The Hall–Kier alpha value is -3.31. The van der Waals surface area contributed by atoms with E-state index in [1.807, 2.05) is 12.1 Å². The second kappa shape index (κ2) is 8.82. The molecule has 1 N–H and O–H groups in total. The second-order valence-corrected chi connectivity index (χ2v) is 7.63. The van der Waals surface area contributed by atoms with Crippen LogP contribution >= 0.6 is 12.2 Å². The normalized spacial score (nSPS) is 19.8. The van der Waals surface area contributed by atoms with Crippen LogP contribution in [0.3, 0.4) is 0 Å². The summed E-state index contributed by atoms with van der Waals surface area (Å²) >= 11 is 5.33. The van der Waals surface area contributed by atoms with Gasteiger partial charge in [-0.3, -0.25) is 9.69 Å². The number of carbonyl (C=O) groups is 1. The van der Waals surface area contributed by atoms with Gasteiger partial charge in [-0.25, -0.2) is 0 Å². The van der Waals surface area contributed by atoms with Crippen LogP contribution in [0.5, 0.6) is 5.75 Å². The Labute approximate surface area is 183 Å². The quantitative estimate of drug-likeness (QED) is 0.300. The number of nitro groups is 1. The van der Waals surface area contributed by atoms with E-state index in [2.05, 4.69) is 10.4 Å². The monoisotopic (exact) mass is 443 g/mol. The molecule has 0 bridgehead atoms. The first kappa shape index (κ1) is 20.9. The molecule has 1 aromatic carbocycles. The van der Waals surface area contributed by atoms with Gasteiger partial charge in [-0.15, -0.1) is 0 Å². The topological polar surface area (TPSA) is 112 Å². The molecule has 2 aromatic rings. The van der Waals surface area contributed by atoms with Crippen LogP contribution < -0.4 is 10.1 Å². The van der Waals surface area contributed by atoms with Gasteiger partial charge in [-0.05, 0) is 53.8 Å². The number of methoxy groups -OCH3 is 1. The number of carbonyl (C=O) groups excluding carboxylic acids is 1. The van der Waals surface area contributed by atoms with Crippen molar-refractivity contribution in [2.24, 2.45) is 0 Å². The van der Waals surface area contributed by atoms with Crippen LogP contribution in [0.1, 0.15) is 24.0 Å². The van der Waals surface area contributed by atoms with Crippen molar-refractivity contribution in [1.82, 2.24) is 20.0 Å². The van der Waals surface area contributed by atoms with Gasteiger partial charge >= 0.3 is 5.82 Å². The van der Waals surface area contributed by atoms with Crippen molar-refractivity contribution >= 4 is 35.1 Å². The number of nitrogens with zero attached hydrogens (tertiary/aromatic N) is 4. The molecule has 11 heteroatoms. The second-order valence-electron chi connectivity index (χ2n) is 7.24. The van der Waals surface area contributed by atoms with E-state index in [0.717, 1.165) is 24.0 Å². The molecular formula is C20H21N5O5S. The maximum atomic E-state index is 12.8. The molecule has 2 aliphatic rings. The van der Waals surface area contributed by atoms with E-state index in [4.69, 9.17) is 21.7 Å². The Morgan fingerprint density at radius 2 is 2.29 bits per heavy atom. The number of nitrogens with one attached hydrogen (secondary N) is 1. The van der Waals surface area contributed by atoms with Gasteiger partial charge in [0.1, 0.15) is 11.4 Å².